The van der Waals surface area contributed by atoms with Gasteiger partial charge in [0, 0.05) is 0 Å². The molecule has 0 saturated heterocycles. The fraction of sp³-hybridized carbons (Fsp3) is 0.200. The van der Waals surface area contributed by atoms with Crippen molar-refractivity contribution in [3.05, 3.63) is 12.3 Å². The van der Waals surface area contributed by atoms with Crippen LogP contribution in [-0.4, -0.2) is 10.6 Å². The van der Waals surface area contributed by atoms with Crippen molar-refractivity contribution in [3.63, 3.8) is 0 Å². The monoisotopic (exact) mass is 264 g/mol. The Labute approximate surface area is 54.6 Å². The Bertz CT molecular complexity index is 105. The molecule has 0 bridgehead atoms. The summed E-state index contributed by atoms with van der Waals surface area (Å²) < 4.78 is 1.29. The normalized spacial score (nSPS) is 9.29. The molecule has 0 aromatic heterocycles. The second kappa shape index (κ2) is 4.14. The summed E-state index contributed by atoms with van der Waals surface area (Å²) in [5, 5.41) is 0. The van der Waals surface area contributed by atoms with Crippen LogP contribution in [0, 0.1) is 0 Å². The third-order valence-corrected chi connectivity index (χ3v) is 0.884. The molecule has 38 valence electrons. The van der Waals surface area contributed by atoms with Gasteiger partial charge in [-0.15, -0.1) is 0 Å². The first kappa shape index (κ1) is 6.97. The molecule has 0 atom stereocenters. The van der Waals surface area contributed by atoms with Crippen molar-refractivity contribution in [3.8, 4) is 0 Å². The Hall–Kier alpha value is -0.0317. The molecule has 0 aromatic rings. The molecule has 0 radical (unpaired) electrons. The van der Waals surface area contributed by atoms with Gasteiger partial charge in [-0.05, 0) is 0 Å². The van der Waals surface area contributed by atoms with Crippen LogP contribution in [0.1, 0.15) is 6.92 Å². The van der Waals surface area contributed by atoms with E-state index in [9.17, 15) is 0 Å². The number of aliphatic imine (C=N–C) groups is 1. The van der Waals surface area contributed by atoms with Gasteiger partial charge in [-0.1, -0.05) is 0 Å². The molecule has 0 unspecified atom stereocenters. The summed E-state index contributed by atoms with van der Waals surface area (Å²) in [6.07, 6.45) is 3.47. The molecule has 0 aliphatic rings. The third kappa shape index (κ3) is 5.97. The van der Waals surface area contributed by atoms with Gasteiger partial charge in [0.15, 0.2) is 0 Å². The van der Waals surface area contributed by atoms with E-state index in [0.29, 0.717) is 0 Å². The van der Waals surface area contributed by atoms with E-state index in [2.05, 4.69) is 4.99 Å². The molecule has 1 nitrogen and oxygen atoms in total. The van der Waals surface area contributed by atoms with Gasteiger partial charge in [-0.3, -0.25) is 0 Å². The average molecular weight is 264 g/mol. The van der Waals surface area contributed by atoms with Crippen LogP contribution in [0.3, 0.4) is 0 Å². The summed E-state index contributed by atoms with van der Waals surface area (Å²) in [7, 11) is 0. The fourth-order valence-corrected chi connectivity index (χ4v) is 0.367. The molecule has 0 N–H and O–H groups in total. The molecule has 0 heterocycles. The summed E-state index contributed by atoms with van der Waals surface area (Å²) in [4.78, 5) is 3.29. The Morgan fingerprint density at radius 3 is 2.57 bits per heavy atom. The summed E-state index contributed by atoms with van der Waals surface area (Å²) in [6, 6.07) is 0. The standard InChI is InChI=1S/C5H6N.W/c1-3-4-5-6-2;/h2,4-5H,1H3;/q-1;/b5-4-;. The van der Waals surface area contributed by atoms with E-state index < -0.39 is 0 Å². The Morgan fingerprint density at radius 1 is 1.86 bits per heavy atom. The van der Waals surface area contributed by atoms with Crippen LogP contribution in [0.25, 0.3) is 0 Å². The van der Waals surface area contributed by atoms with Gasteiger partial charge in [0.2, 0.25) is 0 Å². The van der Waals surface area contributed by atoms with Crippen LogP contribution in [-0.2, 0) is 19.4 Å². The Kier molecular flexibility index (Phi) is 4.12. The molecule has 2 heteroatoms. The molecule has 7 heavy (non-hydrogen) atoms. The minimum absolute atomic E-state index is 1.29. The van der Waals surface area contributed by atoms with Gasteiger partial charge >= 0.3 is 54.2 Å². The van der Waals surface area contributed by atoms with E-state index in [1.807, 2.05) is 13.0 Å². The molecule has 0 saturated carbocycles. The maximum atomic E-state index is 4.81. The van der Waals surface area contributed by atoms with Crippen LogP contribution in [0.5, 0.6) is 0 Å². The minimum atomic E-state index is 1.29. The fourth-order valence-electron chi connectivity index (χ4n) is 0.148. The van der Waals surface area contributed by atoms with Crippen LogP contribution in [0.2, 0.25) is 0 Å². The predicted molar refractivity (Wildman–Crippen MR) is 28.3 cm³/mol. The van der Waals surface area contributed by atoms with Crippen molar-refractivity contribution in [2.75, 3.05) is 0 Å². The SMILES string of the molecule is [CH-]=N/C=C\[C](C)=[W]. The van der Waals surface area contributed by atoms with Crippen molar-refractivity contribution in [2.45, 2.75) is 6.92 Å². The molecule has 0 aliphatic carbocycles. The zero-order valence-electron chi connectivity index (χ0n) is 4.09. The zero-order valence-corrected chi connectivity index (χ0v) is 7.02. The van der Waals surface area contributed by atoms with Gasteiger partial charge in [-0.25, -0.2) is 0 Å². The van der Waals surface area contributed by atoms with Crippen molar-refractivity contribution in [1.82, 2.24) is 0 Å². The summed E-state index contributed by atoms with van der Waals surface area (Å²) >= 11 is 1.45. The van der Waals surface area contributed by atoms with Crippen molar-refractivity contribution >= 4 is 10.6 Å². The molecule has 0 fully saturated rings. The first-order valence-electron chi connectivity index (χ1n) is 1.84. The first-order valence-corrected chi connectivity index (χ1v) is 3.31. The van der Waals surface area contributed by atoms with E-state index in [1.54, 1.807) is 6.20 Å². The molecule has 0 spiro atoms. The topological polar surface area (TPSA) is 12.4 Å². The number of hydrogen-bond acceptors (Lipinski definition) is 1. The molecule has 0 aliphatic heterocycles. The number of allylic oxidation sites excluding steroid dienone is 1. The van der Waals surface area contributed by atoms with E-state index in [-0.39, 0.29) is 0 Å². The van der Waals surface area contributed by atoms with Crippen LogP contribution in [0.4, 0.5) is 0 Å². The molecular formula is C5H6NW-. The molecule has 0 amide bonds. The summed E-state index contributed by atoms with van der Waals surface area (Å²) in [6.45, 7) is 6.84. The van der Waals surface area contributed by atoms with Gasteiger partial charge in [0.05, 0.1) is 0 Å². The third-order valence-electron chi connectivity index (χ3n) is 0.395. The van der Waals surface area contributed by atoms with Gasteiger partial charge < -0.3 is 0 Å². The van der Waals surface area contributed by atoms with E-state index in [4.69, 9.17) is 6.72 Å². The van der Waals surface area contributed by atoms with Crippen molar-refractivity contribution in [1.29, 1.82) is 0 Å². The van der Waals surface area contributed by atoms with Gasteiger partial charge in [0.1, 0.15) is 0 Å². The molecule has 0 rings (SSSR count). The van der Waals surface area contributed by atoms with Gasteiger partial charge in [0.25, 0.3) is 0 Å². The first-order chi connectivity index (χ1) is 3.27. The second-order valence-electron chi connectivity index (χ2n) is 1.08. The maximum absolute atomic E-state index is 4.81. The average Bonchev–Trinajstić information content (AvgIpc) is 1.61. The van der Waals surface area contributed by atoms with Gasteiger partial charge in [-0.2, -0.15) is 0 Å². The summed E-state index contributed by atoms with van der Waals surface area (Å²) in [5.41, 5.74) is 0. The summed E-state index contributed by atoms with van der Waals surface area (Å²) in [5.74, 6) is 0. The van der Waals surface area contributed by atoms with E-state index in [0.717, 1.165) is 0 Å². The number of rotatable bonds is 2. The number of hydrogen-bond donors (Lipinski definition) is 0. The van der Waals surface area contributed by atoms with Crippen LogP contribution >= 0.6 is 0 Å². The predicted octanol–water partition coefficient (Wildman–Crippen LogP) is 0.817. The van der Waals surface area contributed by atoms with Crippen LogP contribution in [0.15, 0.2) is 17.3 Å². The Balaban J connectivity index is 3.46. The van der Waals surface area contributed by atoms with E-state index >= 15 is 0 Å². The van der Waals surface area contributed by atoms with E-state index in [1.165, 1.54) is 23.3 Å². The Morgan fingerprint density at radius 2 is 2.43 bits per heavy atom. The number of nitrogens with zero attached hydrogens (tertiary/aromatic N) is 1. The zero-order chi connectivity index (χ0) is 5.70. The van der Waals surface area contributed by atoms with Crippen molar-refractivity contribution in [2.24, 2.45) is 4.99 Å². The molecule has 0 aromatic carbocycles. The second-order valence-corrected chi connectivity index (χ2v) is 3.39. The van der Waals surface area contributed by atoms with Crippen LogP contribution < -0.4 is 0 Å². The quantitative estimate of drug-likeness (QED) is 0.517. The van der Waals surface area contributed by atoms with Crippen molar-refractivity contribution < 1.29 is 19.4 Å². The molecular weight excluding hydrogens is 258 g/mol.